The molecule has 1 heterocycles. The molecule has 0 saturated carbocycles. The van der Waals surface area contributed by atoms with Gasteiger partial charge in [0.05, 0.1) is 21.2 Å². The highest BCUT2D eigenvalue weighted by Gasteiger charge is 2.12. The number of nitrogens with zero attached hydrogens (tertiary/aromatic N) is 3. The lowest BCUT2D eigenvalue weighted by atomic mass is 10.3. The van der Waals surface area contributed by atoms with E-state index in [2.05, 4.69) is 9.88 Å². The van der Waals surface area contributed by atoms with Gasteiger partial charge in [0, 0.05) is 32.8 Å². The third kappa shape index (κ3) is 3.39. The molecule has 7 heteroatoms. The van der Waals surface area contributed by atoms with Crippen LogP contribution in [0.25, 0.3) is 11.0 Å². The molecule has 0 aliphatic heterocycles. The highest BCUT2D eigenvalue weighted by Crippen LogP contribution is 2.22. The Balaban J connectivity index is 2.17. The Morgan fingerprint density at radius 2 is 2.20 bits per heavy atom. The molecule has 0 saturated heterocycles. The van der Waals surface area contributed by atoms with Gasteiger partial charge in [-0.2, -0.15) is 0 Å². The largest absolute Gasteiger partial charge is 0.383 e. The Morgan fingerprint density at radius 1 is 1.45 bits per heavy atom. The van der Waals surface area contributed by atoms with Crippen LogP contribution in [0, 0.1) is 9.39 Å². The number of nitrogens with two attached hydrogens (primary N) is 1. The Bertz CT molecular complexity index is 602. The standard InChI is InChI=1S/C13H18FIN4O/c1-18(5-6-20-2)3-4-19-12-7-9(14)10(15)8-11(12)17-13(19)16/h7-8H,3-6H2,1-2H3,(H2,16,17). The van der Waals surface area contributed by atoms with Crippen molar-refractivity contribution in [1.82, 2.24) is 14.5 Å². The molecule has 1 aromatic heterocycles. The van der Waals surface area contributed by atoms with Crippen LogP contribution in [0.4, 0.5) is 10.3 Å². The summed E-state index contributed by atoms with van der Waals surface area (Å²) in [6.07, 6.45) is 0. The maximum atomic E-state index is 13.7. The van der Waals surface area contributed by atoms with Crippen molar-refractivity contribution >= 4 is 39.6 Å². The number of fused-ring (bicyclic) bond motifs is 1. The van der Waals surface area contributed by atoms with Crippen molar-refractivity contribution in [2.45, 2.75) is 6.54 Å². The molecule has 0 fully saturated rings. The highest BCUT2D eigenvalue weighted by molar-refractivity contribution is 14.1. The fourth-order valence-electron chi connectivity index (χ4n) is 2.00. The summed E-state index contributed by atoms with van der Waals surface area (Å²) in [4.78, 5) is 6.42. The molecule has 5 nitrogen and oxygen atoms in total. The average molecular weight is 392 g/mol. The zero-order valence-corrected chi connectivity index (χ0v) is 13.7. The van der Waals surface area contributed by atoms with Crippen LogP contribution in [0.2, 0.25) is 0 Å². The van der Waals surface area contributed by atoms with E-state index in [9.17, 15) is 4.39 Å². The van der Waals surface area contributed by atoms with Gasteiger partial charge in [0.25, 0.3) is 0 Å². The van der Waals surface area contributed by atoms with Gasteiger partial charge in [0.2, 0.25) is 5.95 Å². The Kier molecular flexibility index (Phi) is 5.17. The number of rotatable bonds is 6. The van der Waals surface area contributed by atoms with Crippen molar-refractivity contribution in [3.63, 3.8) is 0 Å². The third-order valence-electron chi connectivity index (χ3n) is 3.20. The van der Waals surface area contributed by atoms with Crippen molar-refractivity contribution in [3.8, 4) is 0 Å². The third-order valence-corrected chi connectivity index (χ3v) is 4.03. The first-order valence-corrected chi connectivity index (χ1v) is 7.39. The van der Waals surface area contributed by atoms with E-state index in [1.54, 1.807) is 13.2 Å². The van der Waals surface area contributed by atoms with Gasteiger partial charge in [0.1, 0.15) is 5.82 Å². The van der Waals surface area contributed by atoms with Gasteiger partial charge >= 0.3 is 0 Å². The summed E-state index contributed by atoms with van der Waals surface area (Å²) in [5.41, 5.74) is 7.39. The fourth-order valence-corrected chi connectivity index (χ4v) is 2.45. The number of nitrogen functional groups attached to an aromatic ring is 1. The first kappa shape index (κ1) is 15.5. The molecule has 0 atom stereocenters. The Hall–Kier alpha value is -0.930. The smallest absolute Gasteiger partial charge is 0.201 e. The number of imidazole rings is 1. The van der Waals surface area contributed by atoms with Gasteiger partial charge in [-0.25, -0.2) is 9.37 Å². The molecule has 0 aliphatic carbocycles. The molecule has 2 N–H and O–H groups in total. The molecular weight excluding hydrogens is 374 g/mol. The summed E-state index contributed by atoms with van der Waals surface area (Å²) < 4.78 is 21.1. The van der Waals surface area contributed by atoms with E-state index in [1.807, 2.05) is 34.2 Å². The van der Waals surface area contributed by atoms with E-state index in [-0.39, 0.29) is 5.82 Å². The van der Waals surface area contributed by atoms with Crippen molar-refractivity contribution in [3.05, 3.63) is 21.5 Å². The number of aromatic nitrogens is 2. The summed E-state index contributed by atoms with van der Waals surface area (Å²) in [7, 11) is 3.69. The van der Waals surface area contributed by atoms with Gasteiger partial charge in [-0.15, -0.1) is 0 Å². The Morgan fingerprint density at radius 3 is 2.90 bits per heavy atom. The highest BCUT2D eigenvalue weighted by atomic mass is 127. The van der Waals surface area contributed by atoms with E-state index in [0.29, 0.717) is 22.7 Å². The average Bonchev–Trinajstić information content (AvgIpc) is 2.70. The summed E-state index contributed by atoms with van der Waals surface area (Å²) in [6.45, 7) is 2.99. The second-order valence-electron chi connectivity index (χ2n) is 4.67. The number of hydrogen-bond donors (Lipinski definition) is 1. The SMILES string of the molecule is COCCN(C)CCn1c(N)nc2cc(I)c(F)cc21. The normalized spacial score (nSPS) is 11.7. The number of anilines is 1. The van der Waals surface area contributed by atoms with Crippen molar-refractivity contribution in [2.24, 2.45) is 0 Å². The number of likely N-dealkylation sites (N-methyl/N-ethyl adjacent to an activating group) is 1. The number of benzene rings is 1. The van der Waals surface area contributed by atoms with Crippen molar-refractivity contribution in [1.29, 1.82) is 0 Å². The summed E-state index contributed by atoms with van der Waals surface area (Å²) in [5, 5.41) is 0. The zero-order valence-electron chi connectivity index (χ0n) is 11.6. The van der Waals surface area contributed by atoms with Gasteiger partial charge in [-0.1, -0.05) is 0 Å². The quantitative estimate of drug-likeness (QED) is 0.764. The predicted molar refractivity (Wildman–Crippen MR) is 86.2 cm³/mol. The minimum Gasteiger partial charge on any atom is -0.383 e. The molecule has 0 aliphatic rings. The van der Waals surface area contributed by atoms with Gasteiger partial charge < -0.3 is 19.9 Å². The maximum absolute atomic E-state index is 13.7. The van der Waals surface area contributed by atoms with Gasteiger partial charge in [0.15, 0.2) is 0 Å². The fraction of sp³-hybridized carbons (Fsp3) is 0.462. The van der Waals surface area contributed by atoms with E-state index in [4.69, 9.17) is 10.5 Å². The van der Waals surface area contributed by atoms with E-state index in [0.717, 1.165) is 24.1 Å². The number of halogens is 2. The summed E-state index contributed by atoms with van der Waals surface area (Å²) in [5.74, 6) is 0.175. The second kappa shape index (κ2) is 6.68. The number of methoxy groups -OCH3 is 1. The van der Waals surface area contributed by atoms with E-state index in [1.165, 1.54) is 6.07 Å². The molecular formula is C13H18FIN4O. The van der Waals surface area contributed by atoms with Crippen LogP contribution in [-0.2, 0) is 11.3 Å². The minimum absolute atomic E-state index is 0.244. The topological polar surface area (TPSA) is 56.3 Å². The lowest BCUT2D eigenvalue weighted by molar-refractivity contribution is 0.159. The molecule has 0 amide bonds. The molecule has 20 heavy (non-hydrogen) atoms. The first-order valence-electron chi connectivity index (χ1n) is 6.31. The summed E-state index contributed by atoms with van der Waals surface area (Å²) in [6, 6.07) is 3.21. The minimum atomic E-state index is -0.244. The van der Waals surface area contributed by atoms with Gasteiger partial charge in [-0.3, -0.25) is 0 Å². The van der Waals surface area contributed by atoms with Crippen LogP contribution < -0.4 is 5.73 Å². The molecule has 2 rings (SSSR count). The first-order chi connectivity index (χ1) is 9.52. The number of ether oxygens (including phenoxy) is 1. The molecule has 0 spiro atoms. The second-order valence-corrected chi connectivity index (χ2v) is 5.83. The van der Waals surface area contributed by atoms with Crippen LogP contribution in [0.5, 0.6) is 0 Å². The van der Waals surface area contributed by atoms with Gasteiger partial charge in [-0.05, 0) is 35.7 Å². The van der Waals surface area contributed by atoms with Crippen LogP contribution in [-0.4, -0.2) is 48.3 Å². The van der Waals surface area contributed by atoms with Crippen LogP contribution in [0.1, 0.15) is 0 Å². The van der Waals surface area contributed by atoms with Crippen molar-refractivity contribution in [2.75, 3.05) is 39.6 Å². The van der Waals surface area contributed by atoms with Crippen LogP contribution >= 0.6 is 22.6 Å². The molecule has 2 aromatic rings. The van der Waals surface area contributed by atoms with Crippen LogP contribution in [0.3, 0.4) is 0 Å². The number of hydrogen-bond acceptors (Lipinski definition) is 4. The van der Waals surface area contributed by atoms with E-state index >= 15 is 0 Å². The Labute approximate surface area is 131 Å². The molecule has 1 aromatic carbocycles. The lowest BCUT2D eigenvalue weighted by Crippen LogP contribution is -2.27. The molecule has 0 radical (unpaired) electrons. The van der Waals surface area contributed by atoms with E-state index < -0.39 is 0 Å². The molecule has 0 bridgehead atoms. The maximum Gasteiger partial charge on any atom is 0.201 e. The lowest BCUT2D eigenvalue weighted by Gasteiger charge is -2.17. The summed E-state index contributed by atoms with van der Waals surface area (Å²) >= 11 is 1.95. The predicted octanol–water partition coefficient (Wildman–Crippen LogP) is 1.94. The molecule has 0 unspecified atom stereocenters. The monoisotopic (exact) mass is 392 g/mol. The molecule has 110 valence electrons. The van der Waals surface area contributed by atoms with Crippen LogP contribution in [0.15, 0.2) is 12.1 Å². The zero-order chi connectivity index (χ0) is 14.7. The van der Waals surface area contributed by atoms with Crippen molar-refractivity contribution < 1.29 is 9.13 Å².